The molecule has 0 aliphatic heterocycles. The summed E-state index contributed by atoms with van der Waals surface area (Å²) in [5.74, 6) is 0.0982. The minimum atomic E-state index is 0.0982. The van der Waals surface area contributed by atoms with Gasteiger partial charge in [-0.2, -0.15) is 5.10 Å². The first-order valence-electron chi connectivity index (χ1n) is 6.53. The highest BCUT2D eigenvalue weighted by atomic mass is 16.5. The lowest BCUT2D eigenvalue weighted by Crippen LogP contribution is -2.09. The van der Waals surface area contributed by atoms with Gasteiger partial charge in [-0.25, -0.2) is 4.68 Å². The molecular weight excluding hydrogens is 240 g/mol. The molecule has 0 unspecified atom stereocenters. The molecule has 4 nitrogen and oxygen atoms in total. The average Bonchev–Trinajstić information content (AvgIpc) is 2.94. The van der Waals surface area contributed by atoms with Crippen LogP contribution in [-0.2, 0) is 4.74 Å². The van der Waals surface area contributed by atoms with Crippen molar-refractivity contribution in [3.63, 3.8) is 0 Å². The van der Waals surface area contributed by atoms with Crippen LogP contribution >= 0.6 is 0 Å². The second-order valence-electron chi connectivity index (χ2n) is 4.19. The SMILES string of the molecule is CCOCCCC(=O)c1ccnn1-c1ccccc1. The van der Waals surface area contributed by atoms with Crippen LogP contribution in [0.1, 0.15) is 30.3 Å². The Kier molecular flexibility index (Phi) is 4.86. The number of hydrogen-bond acceptors (Lipinski definition) is 3. The van der Waals surface area contributed by atoms with Gasteiger partial charge in [-0.1, -0.05) is 18.2 Å². The van der Waals surface area contributed by atoms with Crippen LogP contribution in [0.5, 0.6) is 0 Å². The van der Waals surface area contributed by atoms with E-state index in [9.17, 15) is 4.79 Å². The van der Waals surface area contributed by atoms with E-state index in [1.165, 1.54) is 0 Å². The summed E-state index contributed by atoms with van der Waals surface area (Å²) in [5, 5.41) is 4.22. The largest absolute Gasteiger partial charge is 0.382 e. The number of carbonyl (C=O) groups excluding carboxylic acids is 1. The molecule has 1 aromatic heterocycles. The standard InChI is InChI=1S/C15H18N2O2/c1-2-19-12-6-9-15(18)14-10-11-16-17(14)13-7-4-3-5-8-13/h3-5,7-8,10-11H,2,6,9,12H2,1H3. The van der Waals surface area contributed by atoms with E-state index in [1.807, 2.05) is 37.3 Å². The van der Waals surface area contributed by atoms with Gasteiger partial charge in [0, 0.05) is 19.6 Å². The van der Waals surface area contributed by atoms with Crippen molar-refractivity contribution in [2.24, 2.45) is 0 Å². The van der Waals surface area contributed by atoms with Crippen molar-refractivity contribution < 1.29 is 9.53 Å². The highest BCUT2D eigenvalue weighted by molar-refractivity contribution is 5.94. The van der Waals surface area contributed by atoms with Gasteiger partial charge in [0.15, 0.2) is 5.78 Å². The third kappa shape index (κ3) is 3.51. The molecule has 0 atom stereocenters. The number of Topliss-reactive ketones (excluding diaryl/α,β-unsaturated/α-hetero) is 1. The van der Waals surface area contributed by atoms with Crippen molar-refractivity contribution in [1.29, 1.82) is 0 Å². The van der Waals surface area contributed by atoms with Crippen LogP contribution in [0.2, 0.25) is 0 Å². The van der Waals surface area contributed by atoms with Gasteiger partial charge in [-0.15, -0.1) is 0 Å². The summed E-state index contributed by atoms with van der Waals surface area (Å²) < 4.78 is 6.93. The molecule has 0 bridgehead atoms. The number of ether oxygens (including phenoxy) is 1. The second-order valence-corrected chi connectivity index (χ2v) is 4.19. The van der Waals surface area contributed by atoms with Crippen molar-refractivity contribution >= 4 is 5.78 Å². The molecule has 0 amide bonds. The summed E-state index contributed by atoms with van der Waals surface area (Å²) in [4.78, 5) is 12.1. The Morgan fingerprint density at radius 2 is 2.05 bits per heavy atom. The maximum Gasteiger partial charge on any atom is 0.181 e. The summed E-state index contributed by atoms with van der Waals surface area (Å²) >= 11 is 0. The Bertz CT molecular complexity index is 520. The van der Waals surface area contributed by atoms with Gasteiger partial charge in [0.1, 0.15) is 5.69 Å². The Balaban J connectivity index is 2.05. The number of para-hydroxylation sites is 1. The number of ketones is 1. The average molecular weight is 258 g/mol. The maximum atomic E-state index is 12.1. The Hall–Kier alpha value is -1.94. The van der Waals surface area contributed by atoms with Crippen LogP contribution in [0.4, 0.5) is 0 Å². The number of hydrogen-bond donors (Lipinski definition) is 0. The van der Waals surface area contributed by atoms with Gasteiger partial charge in [-0.3, -0.25) is 4.79 Å². The van der Waals surface area contributed by atoms with Crippen LogP contribution in [0.15, 0.2) is 42.6 Å². The van der Waals surface area contributed by atoms with E-state index in [0.717, 1.165) is 12.1 Å². The minimum absolute atomic E-state index is 0.0982. The normalized spacial score (nSPS) is 10.6. The molecule has 19 heavy (non-hydrogen) atoms. The summed E-state index contributed by atoms with van der Waals surface area (Å²) in [6, 6.07) is 11.4. The van der Waals surface area contributed by atoms with E-state index in [1.54, 1.807) is 16.9 Å². The first-order valence-corrected chi connectivity index (χ1v) is 6.53. The molecule has 1 aromatic carbocycles. The van der Waals surface area contributed by atoms with Crippen LogP contribution in [0.25, 0.3) is 5.69 Å². The molecule has 2 aromatic rings. The monoisotopic (exact) mass is 258 g/mol. The zero-order valence-electron chi connectivity index (χ0n) is 11.1. The Morgan fingerprint density at radius 3 is 2.79 bits per heavy atom. The third-order valence-corrected chi connectivity index (χ3v) is 2.83. The molecule has 0 aliphatic rings. The van der Waals surface area contributed by atoms with E-state index in [4.69, 9.17) is 4.74 Å². The summed E-state index contributed by atoms with van der Waals surface area (Å²) in [6.45, 7) is 3.27. The van der Waals surface area contributed by atoms with Gasteiger partial charge >= 0.3 is 0 Å². The third-order valence-electron chi connectivity index (χ3n) is 2.83. The predicted octanol–water partition coefficient (Wildman–Crippen LogP) is 2.87. The maximum absolute atomic E-state index is 12.1. The number of carbonyl (C=O) groups is 1. The predicted molar refractivity (Wildman–Crippen MR) is 73.6 cm³/mol. The summed E-state index contributed by atoms with van der Waals surface area (Å²) in [6.07, 6.45) is 2.88. The van der Waals surface area contributed by atoms with Crippen molar-refractivity contribution in [3.05, 3.63) is 48.3 Å². The number of aromatic nitrogens is 2. The van der Waals surface area contributed by atoms with E-state index >= 15 is 0 Å². The highest BCUT2D eigenvalue weighted by Crippen LogP contribution is 2.12. The number of benzene rings is 1. The molecule has 0 saturated carbocycles. The summed E-state index contributed by atoms with van der Waals surface area (Å²) in [5.41, 5.74) is 1.53. The molecule has 0 aliphatic carbocycles. The molecule has 0 saturated heterocycles. The van der Waals surface area contributed by atoms with Crippen LogP contribution in [-0.4, -0.2) is 28.8 Å². The van der Waals surface area contributed by atoms with Crippen LogP contribution in [0.3, 0.4) is 0 Å². The number of nitrogens with zero attached hydrogens (tertiary/aromatic N) is 2. The van der Waals surface area contributed by atoms with E-state index in [0.29, 0.717) is 25.3 Å². The van der Waals surface area contributed by atoms with Gasteiger partial charge in [-0.05, 0) is 31.5 Å². The molecule has 1 heterocycles. The fourth-order valence-electron chi connectivity index (χ4n) is 1.90. The van der Waals surface area contributed by atoms with Gasteiger partial charge in [0.05, 0.1) is 11.9 Å². The zero-order valence-corrected chi connectivity index (χ0v) is 11.1. The lowest BCUT2D eigenvalue weighted by Gasteiger charge is -2.06. The van der Waals surface area contributed by atoms with E-state index < -0.39 is 0 Å². The smallest absolute Gasteiger partial charge is 0.181 e. The molecule has 0 N–H and O–H groups in total. The van der Waals surface area contributed by atoms with Gasteiger partial charge in [0.25, 0.3) is 0 Å². The molecule has 2 rings (SSSR count). The first kappa shape index (κ1) is 13.5. The molecule has 4 heteroatoms. The molecule has 100 valence electrons. The lowest BCUT2D eigenvalue weighted by atomic mass is 10.1. The lowest BCUT2D eigenvalue weighted by molar-refractivity contribution is 0.0940. The van der Waals surface area contributed by atoms with Gasteiger partial charge < -0.3 is 4.74 Å². The fourth-order valence-corrected chi connectivity index (χ4v) is 1.90. The van der Waals surface area contributed by atoms with E-state index in [2.05, 4.69) is 5.10 Å². The molecule has 0 spiro atoms. The van der Waals surface area contributed by atoms with Crippen molar-refractivity contribution in [1.82, 2.24) is 9.78 Å². The van der Waals surface area contributed by atoms with Crippen molar-refractivity contribution in [2.75, 3.05) is 13.2 Å². The molecule has 0 radical (unpaired) electrons. The molecule has 0 fully saturated rings. The van der Waals surface area contributed by atoms with Crippen molar-refractivity contribution in [3.8, 4) is 5.69 Å². The van der Waals surface area contributed by atoms with Crippen molar-refractivity contribution in [2.45, 2.75) is 19.8 Å². The number of rotatable bonds is 7. The van der Waals surface area contributed by atoms with Crippen LogP contribution < -0.4 is 0 Å². The van der Waals surface area contributed by atoms with Crippen LogP contribution in [0, 0.1) is 0 Å². The highest BCUT2D eigenvalue weighted by Gasteiger charge is 2.12. The first-order chi connectivity index (χ1) is 9.33. The van der Waals surface area contributed by atoms with Gasteiger partial charge in [0.2, 0.25) is 0 Å². The Morgan fingerprint density at radius 1 is 1.26 bits per heavy atom. The second kappa shape index (κ2) is 6.85. The summed E-state index contributed by atoms with van der Waals surface area (Å²) in [7, 11) is 0. The molecular formula is C15H18N2O2. The van der Waals surface area contributed by atoms with E-state index in [-0.39, 0.29) is 5.78 Å². The topological polar surface area (TPSA) is 44.1 Å². The zero-order chi connectivity index (χ0) is 13.5. The quantitative estimate of drug-likeness (QED) is 0.566. The Labute approximate surface area is 113 Å². The minimum Gasteiger partial charge on any atom is -0.382 e. The fraction of sp³-hybridized carbons (Fsp3) is 0.333.